The van der Waals surface area contributed by atoms with E-state index < -0.39 is 15.6 Å². The van der Waals surface area contributed by atoms with Crippen molar-refractivity contribution in [3.8, 4) is 0 Å². The van der Waals surface area contributed by atoms with Gasteiger partial charge in [-0.2, -0.15) is 8.78 Å². The van der Waals surface area contributed by atoms with Gasteiger partial charge in [0.05, 0.1) is 4.90 Å². The molecule has 0 fully saturated rings. The molecule has 0 aliphatic rings. The van der Waals surface area contributed by atoms with Gasteiger partial charge in [0.2, 0.25) is 9.84 Å². The van der Waals surface area contributed by atoms with Gasteiger partial charge in [-0.15, -0.1) is 0 Å². The topological polar surface area (TPSA) is 34.1 Å². The van der Waals surface area contributed by atoms with Gasteiger partial charge in [0, 0.05) is 4.83 Å². The lowest BCUT2D eigenvalue weighted by atomic mass is 10.1. The molecule has 0 amide bonds. The molecule has 0 bridgehead atoms. The summed E-state index contributed by atoms with van der Waals surface area (Å²) in [7, 11) is -4.51. The van der Waals surface area contributed by atoms with Crippen molar-refractivity contribution in [1.29, 1.82) is 0 Å². The largest absolute Gasteiger partial charge is 0.341 e. The van der Waals surface area contributed by atoms with Gasteiger partial charge in [0.15, 0.2) is 0 Å². The van der Waals surface area contributed by atoms with Gasteiger partial charge < -0.3 is 0 Å². The molecular weight excluding hydrogens is 302 g/mol. The van der Waals surface area contributed by atoms with Crippen LogP contribution in [0.15, 0.2) is 29.2 Å². The molecule has 0 heterocycles. The lowest BCUT2D eigenvalue weighted by Gasteiger charge is -2.10. The predicted molar refractivity (Wildman–Crippen MR) is 61.7 cm³/mol. The zero-order valence-electron chi connectivity index (χ0n) is 8.53. The number of halogens is 3. The molecule has 0 saturated carbocycles. The average Bonchev–Trinajstić information content (AvgIpc) is 2.17. The van der Waals surface area contributed by atoms with Gasteiger partial charge in [-0.3, -0.25) is 0 Å². The molecule has 0 aliphatic heterocycles. The van der Waals surface area contributed by atoms with E-state index in [4.69, 9.17) is 0 Å². The Morgan fingerprint density at radius 1 is 1.31 bits per heavy atom. The van der Waals surface area contributed by atoms with Crippen molar-refractivity contribution in [2.24, 2.45) is 0 Å². The Balaban J connectivity index is 3.24. The highest BCUT2D eigenvalue weighted by Crippen LogP contribution is 2.24. The highest BCUT2D eigenvalue weighted by molar-refractivity contribution is 9.09. The molecule has 0 spiro atoms. The van der Waals surface area contributed by atoms with Gasteiger partial charge in [0.1, 0.15) is 0 Å². The summed E-state index contributed by atoms with van der Waals surface area (Å²) in [5.41, 5.74) is 0.409. The molecule has 0 aromatic heterocycles. The molecule has 0 N–H and O–H groups in total. The average molecular weight is 313 g/mol. The van der Waals surface area contributed by atoms with Crippen molar-refractivity contribution in [2.45, 2.75) is 28.8 Å². The Labute approximate surface area is 102 Å². The third-order valence-electron chi connectivity index (χ3n) is 2.01. The quantitative estimate of drug-likeness (QED) is 0.801. The van der Waals surface area contributed by atoms with E-state index in [0.29, 0.717) is 12.0 Å². The minimum absolute atomic E-state index is 0.0292. The number of sulfone groups is 1. The Kier molecular flexibility index (Phi) is 4.43. The van der Waals surface area contributed by atoms with E-state index in [1.165, 1.54) is 12.1 Å². The van der Waals surface area contributed by atoms with Crippen LogP contribution in [0, 0.1) is 0 Å². The summed E-state index contributed by atoms with van der Waals surface area (Å²) < 4.78 is 47.6. The fraction of sp³-hybridized carbons (Fsp3) is 0.400. The fourth-order valence-electron chi connectivity index (χ4n) is 1.35. The van der Waals surface area contributed by atoms with Gasteiger partial charge >= 0.3 is 5.76 Å². The van der Waals surface area contributed by atoms with Gasteiger partial charge in [-0.05, 0) is 18.1 Å². The smallest absolute Gasteiger partial charge is 0.218 e. The molecule has 1 aromatic rings. The van der Waals surface area contributed by atoms with Gasteiger partial charge in [0.25, 0.3) is 0 Å². The van der Waals surface area contributed by atoms with Crippen LogP contribution in [-0.4, -0.2) is 19.0 Å². The minimum Gasteiger partial charge on any atom is -0.218 e. The van der Waals surface area contributed by atoms with E-state index in [2.05, 4.69) is 15.9 Å². The molecule has 0 aliphatic carbocycles. The Morgan fingerprint density at radius 2 is 1.88 bits per heavy atom. The van der Waals surface area contributed by atoms with Crippen LogP contribution in [0.25, 0.3) is 0 Å². The van der Waals surface area contributed by atoms with Crippen LogP contribution >= 0.6 is 15.9 Å². The summed E-state index contributed by atoms with van der Waals surface area (Å²) >= 11 is 3.27. The van der Waals surface area contributed by atoms with Crippen molar-refractivity contribution >= 4 is 25.8 Å². The fourth-order valence-corrected chi connectivity index (χ4v) is 2.67. The summed E-state index contributed by atoms with van der Waals surface area (Å²) in [4.78, 5) is -0.252. The first kappa shape index (κ1) is 13.6. The predicted octanol–water partition coefficient (Wildman–Crippen LogP) is 3.01. The summed E-state index contributed by atoms with van der Waals surface area (Å²) in [6.45, 7) is 1.83. The van der Waals surface area contributed by atoms with Crippen LogP contribution in [0.5, 0.6) is 0 Å². The van der Waals surface area contributed by atoms with Gasteiger partial charge in [-0.1, -0.05) is 41.1 Å². The molecule has 6 heteroatoms. The normalized spacial score (nSPS) is 14.1. The summed E-state index contributed by atoms with van der Waals surface area (Å²) in [6, 6.07) is 5.84. The van der Waals surface area contributed by atoms with Crippen molar-refractivity contribution in [3.05, 3.63) is 29.8 Å². The standard InChI is InChI=1S/C10H11BrF2O2S/c1-7(11)6-8-4-2-3-5-9(8)16(14,15)10(12)13/h2-5,7,10H,6H2,1H3. The summed E-state index contributed by atoms with van der Waals surface area (Å²) in [5, 5.41) is 0. The number of hydrogen-bond donors (Lipinski definition) is 0. The first-order chi connectivity index (χ1) is 7.35. The lowest BCUT2D eigenvalue weighted by molar-refractivity contribution is 0.234. The molecule has 0 radical (unpaired) electrons. The van der Waals surface area contributed by atoms with E-state index in [1.807, 2.05) is 6.92 Å². The monoisotopic (exact) mass is 312 g/mol. The molecule has 1 atom stereocenters. The number of benzene rings is 1. The third kappa shape index (κ3) is 3.01. The molecule has 1 rings (SSSR count). The van der Waals surface area contributed by atoms with E-state index >= 15 is 0 Å². The van der Waals surface area contributed by atoms with Crippen LogP contribution in [0.2, 0.25) is 0 Å². The number of hydrogen-bond acceptors (Lipinski definition) is 2. The first-order valence-electron chi connectivity index (χ1n) is 4.59. The Morgan fingerprint density at radius 3 is 2.38 bits per heavy atom. The van der Waals surface area contributed by atoms with E-state index in [0.717, 1.165) is 0 Å². The van der Waals surface area contributed by atoms with Crippen LogP contribution < -0.4 is 0 Å². The maximum absolute atomic E-state index is 12.4. The lowest BCUT2D eigenvalue weighted by Crippen LogP contribution is -2.14. The molecule has 1 aromatic carbocycles. The molecule has 1 unspecified atom stereocenters. The molecule has 2 nitrogen and oxygen atoms in total. The summed E-state index contributed by atoms with van der Waals surface area (Å²) in [6.07, 6.45) is 0.391. The number of rotatable bonds is 4. The van der Waals surface area contributed by atoms with E-state index in [-0.39, 0.29) is 9.72 Å². The third-order valence-corrected chi connectivity index (χ3v) is 3.82. The molecule has 90 valence electrons. The van der Waals surface area contributed by atoms with Crippen molar-refractivity contribution < 1.29 is 17.2 Å². The highest BCUT2D eigenvalue weighted by atomic mass is 79.9. The van der Waals surface area contributed by atoms with Crippen molar-refractivity contribution in [3.63, 3.8) is 0 Å². The molecule has 0 saturated heterocycles. The van der Waals surface area contributed by atoms with Crippen molar-refractivity contribution in [1.82, 2.24) is 0 Å². The molecular formula is C10H11BrF2O2S. The second-order valence-electron chi connectivity index (χ2n) is 3.40. The Bertz CT molecular complexity index is 458. The van der Waals surface area contributed by atoms with Crippen LogP contribution in [0.1, 0.15) is 12.5 Å². The van der Waals surface area contributed by atoms with Crippen LogP contribution in [0.4, 0.5) is 8.78 Å². The maximum atomic E-state index is 12.4. The zero-order chi connectivity index (χ0) is 12.3. The zero-order valence-corrected chi connectivity index (χ0v) is 10.9. The van der Waals surface area contributed by atoms with Gasteiger partial charge in [-0.25, -0.2) is 8.42 Å². The van der Waals surface area contributed by atoms with E-state index in [1.54, 1.807) is 12.1 Å². The molecule has 16 heavy (non-hydrogen) atoms. The summed E-state index contributed by atoms with van der Waals surface area (Å²) in [5.74, 6) is -3.38. The highest BCUT2D eigenvalue weighted by Gasteiger charge is 2.28. The first-order valence-corrected chi connectivity index (χ1v) is 7.06. The second-order valence-corrected chi connectivity index (χ2v) is 6.85. The number of alkyl halides is 3. The van der Waals surface area contributed by atoms with E-state index in [9.17, 15) is 17.2 Å². The second kappa shape index (κ2) is 5.23. The SMILES string of the molecule is CC(Br)Cc1ccccc1S(=O)(=O)C(F)F. The van der Waals surface area contributed by atoms with Crippen LogP contribution in [-0.2, 0) is 16.3 Å². The Hall–Kier alpha value is -0.490. The minimum atomic E-state index is -4.51. The van der Waals surface area contributed by atoms with Crippen LogP contribution in [0.3, 0.4) is 0 Å². The maximum Gasteiger partial charge on any atom is 0.341 e. The van der Waals surface area contributed by atoms with Crippen molar-refractivity contribution in [2.75, 3.05) is 0 Å².